The zero-order chi connectivity index (χ0) is 10.7. The van der Waals surface area contributed by atoms with Crippen LogP contribution in [-0.2, 0) is 0 Å². The molecule has 1 aromatic carbocycles. The van der Waals surface area contributed by atoms with Gasteiger partial charge in [-0.05, 0) is 12.1 Å². The van der Waals surface area contributed by atoms with Gasteiger partial charge in [0, 0.05) is 11.3 Å². The second-order valence-corrected chi connectivity index (χ2v) is 2.86. The summed E-state index contributed by atoms with van der Waals surface area (Å²) in [6.45, 7) is 0. The van der Waals surface area contributed by atoms with Crippen molar-refractivity contribution >= 4 is 23.1 Å². The van der Waals surface area contributed by atoms with Gasteiger partial charge < -0.3 is 5.73 Å². The Bertz CT molecular complexity index is 426. The zero-order valence-corrected chi connectivity index (χ0v) is 7.81. The molecular formula is C9H6ClFN2O. The first kappa shape index (κ1) is 10.5. The van der Waals surface area contributed by atoms with E-state index in [1.165, 1.54) is 0 Å². The Balaban J connectivity index is 3.33. The number of alkyl halides is 1. The summed E-state index contributed by atoms with van der Waals surface area (Å²) in [5.41, 5.74) is 5.25. The van der Waals surface area contributed by atoms with Gasteiger partial charge in [0.05, 0.1) is 11.4 Å². The third-order valence-corrected chi connectivity index (χ3v) is 1.92. The molecule has 0 bridgehead atoms. The maximum atomic E-state index is 13.0. The molecule has 0 heterocycles. The number of nitrogens with zero attached hydrogens (tertiary/aromatic N) is 1. The van der Waals surface area contributed by atoms with Crippen LogP contribution in [0.4, 0.5) is 10.1 Å². The monoisotopic (exact) mass is 212 g/mol. The molecule has 0 aliphatic heterocycles. The number of Topliss-reactive ketones (excluding diaryl/α,β-unsaturated/α-hetero) is 1. The molecule has 0 fully saturated rings. The van der Waals surface area contributed by atoms with Gasteiger partial charge in [-0.2, -0.15) is 5.26 Å². The lowest BCUT2D eigenvalue weighted by molar-refractivity contribution is 0.102. The standard InChI is InChI=1S/C9H6ClFN2O/c10-3-9(14)6-1-5(4-12)7(11)2-8(6)13/h1-2H,3,13H2. The normalized spacial score (nSPS) is 9.50. The first-order valence-electron chi connectivity index (χ1n) is 3.68. The van der Waals surface area contributed by atoms with E-state index in [0.717, 1.165) is 12.1 Å². The smallest absolute Gasteiger partial charge is 0.179 e. The number of benzene rings is 1. The van der Waals surface area contributed by atoms with Crippen LogP contribution in [0.25, 0.3) is 0 Å². The summed E-state index contributed by atoms with van der Waals surface area (Å²) < 4.78 is 13.0. The lowest BCUT2D eigenvalue weighted by atomic mass is 10.1. The number of hydrogen-bond donors (Lipinski definition) is 1. The van der Waals surface area contributed by atoms with Crippen LogP contribution in [0.3, 0.4) is 0 Å². The maximum Gasteiger partial charge on any atom is 0.179 e. The van der Waals surface area contributed by atoms with Crippen molar-refractivity contribution in [3.05, 3.63) is 29.1 Å². The minimum absolute atomic E-state index is 0.00727. The molecule has 0 radical (unpaired) electrons. The predicted octanol–water partition coefficient (Wildman–Crippen LogP) is 1.70. The fraction of sp³-hybridized carbons (Fsp3) is 0.111. The summed E-state index contributed by atoms with van der Waals surface area (Å²) in [5, 5.41) is 8.51. The number of rotatable bonds is 2. The lowest BCUT2D eigenvalue weighted by Gasteiger charge is -2.03. The van der Waals surface area contributed by atoms with Crippen molar-refractivity contribution < 1.29 is 9.18 Å². The summed E-state index contributed by atoms with van der Waals surface area (Å²) in [4.78, 5) is 11.2. The van der Waals surface area contributed by atoms with E-state index in [1.807, 2.05) is 0 Å². The van der Waals surface area contributed by atoms with Gasteiger partial charge in [-0.1, -0.05) is 0 Å². The van der Waals surface area contributed by atoms with Crippen molar-refractivity contribution in [3.8, 4) is 6.07 Å². The van der Waals surface area contributed by atoms with Crippen molar-refractivity contribution in [1.29, 1.82) is 5.26 Å². The van der Waals surface area contributed by atoms with Gasteiger partial charge in [0.25, 0.3) is 0 Å². The molecule has 0 atom stereocenters. The SMILES string of the molecule is N#Cc1cc(C(=O)CCl)c(N)cc1F. The highest BCUT2D eigenvalue weighted by Gasteiger charge is 2.12. The molecule has 1 rings (SSSR count). The van der Waals surface area contributed by atoms with Gasteiger partial charge in [-0.15, -0.1) is 11.6 Å². The van der Waals surface area contributed by atoms with E-state index in [2.05, 4.69) is 0 Å². The predicted molar refractivity (Wildman–Crippen MR) is 50.6 cm³/mol. The van der Waals surface area contributed by atoms with Crippen LogP contribution in [0.1, 0.15) is 15.9 Å². The van der Waals surface area contributed by atoms with E-state index in [1.54, 1.807) is 6.07 Å². The Labute approximate surface area is 84.9 Å². The van der Waals surface area contributed by atoms with Crippen molar-refractivity contribution in [1.82, 2.24) is 0 Å². The van der Waals surface area contributed by atoms with Crippen LogP contribution in [-0.4, -0.2) is 11.7 Å². The molecule has 0 spiro atoms. The van der Waals surface area contributed by atoms with E-state index in [9.17, 15) is 9.18 Å². The molecule has 0 saturated carbocycles. The quantitative estimate of drug-likeness (QED) is 0.461. The van der Waals surface area contributed by atoms with Crippen molar-refractivity contribution in [2.45, 2.75) is 0 Å². The summed E-state index contributed by atoms with van der Waals surface area (Å²) in [5.74, 6) is -1.42. The van der Waals surface area contributed by atoms with Crippen molar-refractivity contribution in [2.24, 2.45) is 0 Å². The first-order chi connectivity index (χ1) is 6.60. The topological polar surface area (TPSA) is 66.9 Å². The van der Waals surface area contributed by atoms with E-state index >= 15 is 0 Å². The Morgan fingerprint density at radius 1 is 1.64 bits per heavy atom. The highest BCUT2D eigenvalue weighted by Crippen LogP contribution is 2.18. The molecule has 1 aromatic rings. The molecule has 5 heteroatoms. The molecule has 0 aromatic heterocycles. The fourth-order valence-electron chi connectivity index (χ4n) is 0.988. The largest absolute Gasteiger partial charge is 0.398 e. The average molecular weight is 213 g/mol. The summed E-state index contributed by atoms with van der Waals surface area (Å²) >= 11 is 5.31. The van der Waals surface area contributed by atoms with Crippen molar-refractivity contribution in [3.63, 3.8) is 0 Å². The third-order valence-electron chi connectivity index (χ3n) is 1.68. The number of hydrogen-bond acceptors (Lipinski definition) is 3. The van der Waals surface area contributed by atoms with Gasteiger partial charge in [0.1, 0.15) is 11.9 Å². The molecule has 0 aliphatic carbocycles. The molecule has 0 amide bonds. The summed E-state index contributed by atoms with van der Waals surface area (Å²) in [6, 6.07) is 3.67. The molecular weight excluding hydrogens is 207 g/mol. The second-order valence-electron chi connectivity index (χ2n) is 2.59. The number of anilines is 1. The maximum absolute atomic E-state index is 13.0. The number of ketones is 1. The number of carbonyl (C=O) groups is 1. The number of halogens is 2. The van der Waals surface area contributed by atoms with Gasteiger partial charge in [-0.3, -0.25) is 4.79 Å². The highest BCUT2D eigenvalue weighted by molar-refractivity contribution is 6.31. The van der Waals surface area contributed by atoms with Gasteiger partial charge in [0.15, 0.2) is 5.78 Å². The van der Waals surface area contributed by atoms with Crippen LogP contribution in [0.15, 0.2) is 12.1 Å². The molecule has 2 N–H and O–H groups in total. The first-order valence-corrected chi connectivity index (χ1v) is 4.22. The van der Waals surface area contributed by atoms with Gasteiger partial charge in [-0.25, -0.2) is 4.39 Å². The molecule has 0 saturated heterocycles. The van der Waals surface area contributed by atoms with Crippen LogP contribution >= 0.6 is 11.6 Å². The minimum atomic E-state index is -0.740. The van der Waals surface area contributed by atoms with Crippen LogP contribution < -0.4 is 5.73 Å². The Morgan fingerprint density at radius 3 is 2.79 bits per heavy atom. The Kier molecular flexibility index (Phi) is 3.05. The van der Waals surface area contributed by atoms with E-state index in [0.29, 0.717) is 0 Å². The lowest BCUT2D eigenvalue weighted by Crippen LogP contribution is -2.06. The number of carbonyl (C=O) groups excluding carboxylic acids is 1. The average Bonchev–Trinajstić information content (AvgIpc) is 2.17. The minimum Gasteiger partial charge on any atom is -0.398 e. The molecule has 14 heavy (non-hydrogen) atoms. The zero-order valence-electron chi connectivity index (χ0n) is 7.05. The van der Waals surface area contributed by atoms with Crippen LogP contribution in [0, 0.1) is 17.1 Å². The van der Waals surface area contributed by atoms with E-state index < -0.39 is 11.6 Å². The summed E-state index contributed by atoms with van der Waals surface area (Å²) in [7, 11) is 0. The van der Waals surface area contributed by atoms with E-state index in [-0.39, 0.29) is 22.7 Å². The molecule has 0 unspecified atom stereocenters. The summed E-state index contributed by atoms with van der Waals surface area (Å²) in [6.07, 6.45) is 0. The number of nitrogens with two attached hydrogens (primary N) is 1. The fourth-order valence-corrected chi connectivity index (χ4v) is 1.13. The van der Waals surface area contributed by atoms with Gasteiger partial charge >= 0.3 is 0 Å². The second kappa shape index (κ2) is 4.07. The third kappa shape index (κ3) is 1.83. The Morgan fingerprint density at radius 2 is 2.29 bits per heavy atom. The highest BCUT2D eigenvalue weighted by atomic mass is 35.5. The number of nitrogen functional groups attached to an aromatic ring is 1. The van der Waals surface area contributed by atoms with E-state index in [4.69, 9.17) is 22.6 Å². The molecule has 0 aliphatic rings. The molecule has 72 valence electrons. The van der Waals surface area contributed by atoms with Crippen LogP contribution in [0.5, 0.6) is 0 Å². The number of nitriles is 1. The molecule has 3 nitrogen and oxygen atoms in total. The Hall–Kier alpha value is -1.60. The van der Waals surface area contributed by atoms with Gasteiger partial charge in [0.2, 0.25) is 0 Å². The van der Waals surface area contributed by atoms with Crippen LogP contribution in [0.2, 0.25) is 0 Å². The van der Waals surface area contributed by atoms with Crippen molar-refractivity contribution in [2.75, 3.05) is 11.6 Å².